The summed E-state index contributed by atoms with van der Waals surface area (Å²) in [6, 6.07) is 20.9. The minimum absolute atomic E-state index is 0.144. The first kappa shape index (κ1) is 22.0. The molecular formula is C26H27N3O2S. The van der Waals surface area contributed by atoms with E-state index < -0.39 is 10.0 Å². The second-order valence-electron chi connectivity index (χ2n) is 8.19. The van der Waals surface area contributed by atoms with Gasteiger partial charge in [-0.2, -0.15) is 5.10 Å². The molecule has 5 nitrogen and oxygen atoms in total. The zero-order chi connectivity index (χ0) is 22.9. The van der Waals surface area contributed by atoms with Crippen molar-refractivity contribution in [3.63, 3.8) is 0 Å². The standard InChI is InChI=1S/C26H27N3O2S/c1-18-10-12-24(13-11-18)32(30,31)27-16-22-17-29(23-8-6-5-7-9-23)28-26(22)25-20(3)14-19(2)15-21(25)4/h5-15,17,27H,16H2,1-4H3. The summed E-state index contributed by atoms with van der Waals surface area (Å²) < 4.78 is 30.3. The Labute approximate surface area is 189 Å². The van der Waals surface area contributed by atoms with Gasteiger partial charge in [0, 0.05) is 23.9 Å². The van der Waals surface area contributed by atoms with Crippen molar-refractivity contribution in [2.45, 2.75) is 39.1 Å². The van der Waals surface area contributed by atoms with E-state index in [1.54, 1.807) is 24.3 Å². The van der Waals surface area contributed by atoms with Crippen molar-refractivity contribution in [1.29, 1.82) is 0 Å². The van der Waals surface area contributed by atoms with E-state index in [1.807, 2.05) is 48.1 Å². The maximum Gasteiger partial charge on any atom is 0.240 e. The molecule has 0 bridgehead atoms. The molecule has 0 fully saturated rings. The third kappa shape index (κ3) is 4.52. The maximum absolute atomic E-state index is 12.9. The molecule has 0 aliphatic carbocycles. The number of sulfonamides is 1. The van der Waals surface area contributed by atoms with E-state index in [0.717, 1.165) is 39.2 Å². The highest BCUT2D eigenvalue weighted by molar-refractivity contribution is 7.89. The Bertz CT molecular complexity index is 1330. The molecule has 0 radical (unpaired) electrons. The third-order valence-corrected chi connectivity index (χ3v) is 6.93. The van der Waals surface area contributed by atoms with Crippen LogP contribution >= 0.6 is 0 Å². The van der Waals surface area contributed by atoms with Crippen molar-refractivity contribution in [1.82, 2.24) is 14.5 Å². The molecule has 1 N–H and O–H groups in total. The average Bonchev–Trinajstić information content (AvgIpc) is 3.16. The molecule has 0 saturated carbocycles. The third-order valence-electron chi connectivity index (χ3n) is 5.51. The molecular weight excluding hydrogens is 418 g/mol. The van der Waals surface area contributed by atoms with Crippen molar-refractivity contribution in [3.8, 4) is 16.9 Å². The average molecular weight is 446 g/mol. The number of nitrogens with zero attached hydrogens (tertiary/aromatic N) is 2. The normalized spacial score (nSPS) is 11.6. The Morgan fingerprint density at radius 2 is 1.47 bits per heavy atom. The van der Waals surface area contributed by atoms with Gasteiger partial charge in [0.15, 0.2) is 0 Å². The summed E-state index contributed by atoms with van der Waals surface area (Å²) in [5.41, 5.74) is 7.99. The van der Waals surface area contributed by atoms with E-state index in [2.05, 4.69) is 37.6 Å². The Kier molecular flexibility index (Phi) is 6.00. The van der Waals surface area contributed by atoms with Gasteiger partial charge in [-0.3, -0.25) is 0 Å². The minimum atomic E-state index is -3.64. The first-order chi connectivity index (χ1) is 15.2. The van der Waals surface area contributed by atoms with Gasteiger partial charge < -0.3 is 0 Å². The minimum Gasteiger partial charge on any atom is -0.240 e. The highest BCUT2D eigenvalue weighted by Gasteiger charge is 2.20. The quantitative estimate of drug-likeness (QED) is 0.441. The summed E-state index contributed by atoms with van der Waals surface area (Å²) in [5.74, 6) is 0. The second kappa shape index (κ2) is 8.73. The van der Waals surface area contributed by atoms with E-state index in [9.17, 15) is 8.42 Å². The van der Waals surface area contributed by atoms with Crippen molar-refractivity contribution >= 4 is 10.0 Å². The summed E-state index contributed by atoms with van der Waals surface area (Å²) in [7, 11) is -3.64. The highest BCUT2D eigenvalue weighted by atomic mass is 32.2. The first-order valence-electron chi connectivity index (χ1n) is 10.5. The van der Waals surface area contributed by atoms with Gasteiger partial charge in [0.2, 0.25) is 10.0 Å². The molecule has 0 amide bonds. The number of rotatable bonds is 6. The van der Waals surface area contributed by atoms with E-state index in [0.29, 0.717) is 0 Å². The fourth-order valence-electron chi connectivity index (χ4n) is 3.99. The number of aryl methyl sites for hydroxylation is 4. The van der Waals surface area contributed by atoms with Gasteiger partial charge >= 0.3 is 0 Å². The van der Waals surface area contributed by atoms with Crippen LogP contribution in [0, 0.1) is 27.7 Å². The first-order valence-corrected chi connectivity index (χ1v) is 12.0. The molecule has 0 atom stereocenters. The van der Waals surface area contributed by atoms with E-state index >= 15 is 0 Å². The molecule has 32 heavy (non-hydrogen) atoms. The fraction of sp³-hybridized carbons (Fsp3) is 0.192. The van der Waals surface area contributed by atoms with Crippen molar-refractivity contribution < 1.29 is 8.42 Å². The number of hydrogen-bond acceptors (Lipinski definition) is 3. The summed E-state index contributed by atoms with van der Waals surface area (Å²) >= 11 is 0. The molecule has 4 rings (SSSR count). The van der Waals surface area contributed by atoms with Gasteiger partial charge in [-0.05, 0) is 63.1 Å². The molecule has 164 valence electrons. The molecule has 1 aromatic heterocycles. The maximum atomic E-state index is 12.9. The van der Waals surface area contributed by atoms with Crippen molar-refractivity contribution in [3.05, 3.63) is 101 Å². The molecule has 0 aliphatic rings. The summed E-state index contributed by atoms with van der Waals surface area (Å²) in [6.07, 6.45) is 1.90. The van der Waals surface area contributed by atoms with Crippen LogP contribution in [0.25, 0.3) is 16.9 Å². The van der Waals surface area contributed by atoms with Gasteiger partial charge in [0.1, 0.15) is 0 Å². The van der Waals surface area contributed by atoms with Crippen LogP contribution in [0.3, 0.4) is 0 Å². The molecule has 3 aromatic carbocycles. The Hall–Kier alpha value is -3.22. The van der Waals surface area contributed by atoms with Crippen LogP contribution < -0.4 is 4.72 Å². The molecule has 0 unspecified atom stereocenters. The van der Waals surface area contributed by atoms with Crippen LogP contribution in [0.4, 0.5) is 0 Å². The Balaban J connectivity index is 1.75. The van der Waals surface area contributed by atoms with Gasteiger partial charge in [0.25, 0.3) is 0 Å². The molecule has 0 spiro atoms. The lowest BCUT2D eigenvalue weighted by Crippen LogP contribution is -2.23. The van der Waals surface area contributed by atoms with E-state index in [4.69, 9.17) is 5.10 Å². The van der Waals surface area contributed by atoms with Crippen LogP contribution in [0.15, 0.2) is 77.8 Å². The number of para-hydroxylation sites is 1. The van der Waals surface area contributed by atoms with Gasteiger partial charge in [-0.1, -0.05) is 53.6 Å². The van der Waals surface area contributed by atoms with Crippen LogP contribution in [0.1, 0.15) is 27.8 Å². The Morgan fingerprint density at radius 3 is 2.09 bits per heavy atom. The summed E-state index contributed by atoms with van der Waals surface area (Å²) in [5, 5.41) is 4.87. The van der Waals surface area contributed by atoms with Crippen LogP contribution in [-0.4, -0.2) is 18.2 Å². The topological polar surface area (TPSA) is 64.0 Å². The molecule has 0 saturated heterocycles. The summed E-state index contributed by atoms with van der Waals surface area (Å²) in [4.78, 5) is 0.253. The predicted molar refractivity (Wildman–Crippen MR) is 128 cm³/mol. The van der Waals surface area contributed by atoms with Gasteiger partial charge in [-0.25, -0.2) is 17.8 Å². The molecule has 6 heteroatoms. The predicted octanol–water partition coefficient (Wildman–Crippen LogP) is 5.25. The van der Waals surface area contributed by atoms with Gasteiger partial charge in [-0.15, -0.1) is 0 Å². The summed E-state index contributed by atoms with van der Waals surface area (Å²) in [6.45, 7) is 8.28. The fourth-order valence-corrected chi connectivity index (χ4v) is 5.00. The number of hydrogen-bond donors (Lipinski definition) is 1. The monoisotopic (exact) mass is 445 g/mol. The highest BCUT2D eigenvalue weighted by Crippen LogP contribution is 2.31. The lowest BCUT2D eigenvalue weighted by molar-refractivity contribution is 0.581. The van der Waals surface area contributed by atoms with E-state index in [-0.39, 0.29) is 11.4 Å². The largest absolute Gasteiger partial charge is 0.240 e. The van der Waals surface area contributed by atoms with Crippen molar-refractivity contribution in [2.75, 3.05) is 0 Å². The number of aromatic nitrogens is 2. The van der Waals surface area contributed by atoms with Crippen LogP contribution in [0.2, 0.25) is 0 Å². The van der Waals surface area contributed by atoms with Crippen molar-refractivity contribution in [2.24, 2.45) is 0 Å². The second-order valence-corrected chi connectivity index (χ2v) is 9.96. The Morgan fingerprint density at radius 1 is 0.844 bits per heavy atom. The van der Waals surface area contributed by atoms with Crippen LogP contribution in [0.5, 0.6) is 0 Å². The molecule has 4 aromatic rings. The lowest BCUT2D eigenvalue weighted by Gasteiger charge is -2.12. The molecule has 0 aliphatic heterocycles. The van der Waals surface area contributed by atoms with Gasteiger partial charge in [0.05, 0.1) is 16.3 Å². The SMILES string of the molecule is Cc1ccc(S(=O)(=O)NCc2cn(-c3ccccc3)nc2-c2c(C)cc(C)cc2C)cc1. The van der Waals surface area contributed by atoms with E-state index in [1.165, 1.54) is 5.56 Å². The lowest BCUT2D eigenvalue weighted by atomic mass is 9.95. The zero-order valence-corrected chi connectivity index (χ0v) is 19.6. The zero-order valence-electron chi connectivity index (χ0n) is 18.8. The smallest absolute Gasteiger partial charge is 0.240 e. The molecule has 1 heterocycles. The number of nitrogens with one attached hydrogen (secondary N) is 1. The number of benzene rings is 3. The van der Waals surface area contributed by atoms with Crippen LogP contribution in [-0.2, 0) is 16.6 Å².